The smallest absolute Gasteiger partial charge is 0.149 e. The molecule has 0 saturated heterocycles. The number of rotatable bonds is 8. The van der Waals surface area contributed by atoms with Crippen molar-refractivity contribution in [2.24, 2.45) is 0 Å². The van der Waals surface area contributed by atoms with Crippen molar-refractivity contribution < 1.29 is 5.11 Å². The number of pyridine rings is 1. The van der Waals surface area contributed by atoms with Gasteiger partial charge in [0.1, 0.15) is 11.6 Å². The second-order valence-electron chi connectivity index (χ2n) is 19.1. The highest BCUT2D eigenvalue weighted by Gasteiger charge is 2.25. The van der Waals surface area contributed by atoms with Gasteiger partial charge in [0, 0.05) is 40.1 Å². The Balaban J connectivity index is 1.28. The summed E-state index contributed by atoms with van der Waals surface area (Å²) in [4.78, 5) is 14.0. The van der Waals surface area contributed by atoms with Crippen LogP contribution in [0.5, 0.6) is 5.75 Å². The van der Waals surface area contributed by atoms with Crippen molar-refractivity contribution in [3.8, 4) is 78.6 Å². The predicted octanol–water partition coefficient (Wildman–Crippen LogP) is 15.8. The van der Waals surface area contributed by atoms with Gasteiger partial charge in [-0.15, -0.1) is 0 Å². The van der Waals surface area contributed by atoms with Crippen molar-refractivity contribution in [2.45, 2.75) is 52.4 Å². The lowest BCUT2D eigenvalue weighted by atomic mass is 9.82. The number of H-pyrrole nitrogens is 1. The Morgan fingerprint density at radius 2 is 1.22 bits per heavy atom. The summed E-state index contributed by atoms with van der Waals surface area (Å²) in [6, 6.07) is 57.7. The topological polar surface area (TPSA) is 66.7 Å². The Kier molecular flexibility index (Phi) is 10.2. The first kappa shape index (κ1) is 41.3. The number of nitrogens with one attached hydrogen (secondary N) is 1. The van der Waals surface area contributed by atoms with Crippen LogP contribution in [-0.4, -0.2) is 24.6 Å². The number of nitrogens with zero attached hydrogens (tertiary/aromatic N) is 3. The van der Waals surface area contributed by atoms with Crippen LogP contribution in [0.15, 0.2) is 183 Å². The Morgan fingerprint density at radius 3 is 1.94 bits per heavy atom. The summed E-state index contributed by atoms with van der Waals surface area (Å²) in [5, 5.41) is 12.5. The lowest BCUT2D eigenvalue weighted by Crippen LogP contribution is -2.11. The number of benzene rings is 7. The molecule has 0 aliphatic rings. The van der Waals surface area contributed by atoms with E-state index in [9.17, 15) is 5.11 Å². The van der Waals surface area contributed by atoms with Gasteiger partial charge in [0.15, 0.2) is 0 Å². The molecule has 7 aromatic carbocycles. The summed E-state index contributed by atoms with van der Waals surface area (Å²) in [6.45, 7) is 17.6. The molecule has 0 amide bonds. The first-order valence-corrected chi connectivity index (χ1v) is 22.3. The van der Waals surface area contributed by atoms with Crippen LogP contribution >= 0.6 is 0 Å². The summed E-state index contributed by atoms with van der Waals surface area (Å²) in [7, 11) is 0. The van der Waals surface area contributed by atoms with Crippen molar-refractivity contribution in [1.29, 1.82) is 0 Å². The summed E-state index contributed by atoms with van der Waals surface area (Å²) < 4.78 is 2.19. The number of para-hydroxylation sites is 2. The number of hydrogen-bond acceptors (Lipinski definition) is 3. The average molecular weight is 845 g/mol. The van der Waals surface area contributed by atoms with Gasteiger partial charge in [-0.2, -0.15) is 0 Å². The third-order valence-electron chi connectivity index (χ3n) is 12.6. The van der Waals surface area contributed by atoms with Crippen LogP contribution in [0.2, 0.25) is 0 Å². The van der Waals surface area contributed by atoms with Crippen molar-refractivity contribution >= 4 is 28.0 Å². The van der Waals surface area contributed by atoms with E-state index in [1.54, 1.807) is 6.07 Å². The quantitative estimate of drug-likeness (QED) is 0.160. The summed E-state index contributed by atoms with van der Waals surface area (Å²) >= 11 is 0. The van der Waals surface area contributed by atoms with Crippen LogP contribution in [0, 0.1) is 0 Å². The van der Waals surface area contributed by atoms with E-state index in [4.69, 9.17) is 9.97 Å². The maximum atomic E-state index is 11.4. The van der Waals surface area contributed by atoms with E-state index in [1.807, 2.05) is 54.9 Å². The Bertz CT molecular complexity index is 3410. The Labute approximate surface area is 381 Å². The zero-order valence-corrected chi connectivity index (χ0v) is 37.8. The minimum absolute atomic E-state index is 0.0802. The molecule has 3 heterocycles. The number of aromatic nitrogens is 4. The zero-order valence-electron chi connectivity index (χ0n) is 37.8. The van der Waals surface area contributed by atoms with Crippen LogP contribution < -0.4 is 0 Å². The Morgan fingerprint density at radius 1 is 0.554 bits per heavy atom. The third-order valence-corrected chi connectivity index (χ3v) is 12.6. The monoisotopic (exact) mass is 844 g/mol. The standard InChI is InChI=1S/C60H52N4O/c1-8-38-37-62-53-26-23-40(32-51(38)53)41-27-28-61-54(33-41)44-30-42(50-34-45(59(2,3)4)24-25-48(50)39-17-11-9-12-18-39)29-43(31-44)52-35-46(60(5,6)7)36-55-57(52)63-58(49-21-15-16-22-56(49)65)64(55)47-19-13-10-14-20-47/h8-37,62,65H,1H2,2-7H3. The fraction of sp³-hybridized carbons (Fsp3) is 0.133. The van der Waals surface area contributed by atoms with Crippen LogP contribution in [0.1, 0.15) is 58.2 Å². The van der Waals surface area contributed by atoms with Gasteiger partial charge in [-0.05, 0) is 145 Å². The molecular weight excluding hydrogens is 793 g/mol. The van der Waals surface area contributed by atoms with Gasteiger partial charge in [0.2, 0.25) is 0 Å². The fourth-order valence-electron chi connectivity index (χ4n) is 8.98. The number of hydrogen-bond donors (Lipinski definition) is 2. The van der Waals surface area contributed by atoms with E-state index in [1.165, 1.54) is 11.1 Å². The summed E-state index contributed by atoms with van der Waals surface area (Å²) in [6.07, 6.45) is 5.82. The number of aromatic hydroxyl groups is 1. The minimum Gasteiger partial charge on any atom is -0.507 e. The normalized spacial score (nSPS) is 12.0. The van der Waals surface area contributed by atoms with Gasteiger partial charge < -0.3 is 10.1 Å². The molecule has 5 nitrogen and oxygen atoms in total. The van der Waals surface area contributed by atoms with Gasteiger partial charge in [-0.25, -0.2) is 4.98 Å². The van der Waals surface area contributed by atoms with Crippen LogP contribution in [0.4, 0.5) is 0 Å². The van der Waals surface area contributed by atoms with E-state index in [2.05, 4.69) is 179 Å². The van der Waals surface area contributed by atoms with Crippen molar-refractivity contribution in [2.75, 3.05) is 0 Å². The second kappa shape index (κ2) is 16.1. The van der Waals surface area contributed by atoms with E-state index in [0.717, 1.165) is 89.0 Å². The van der Waals surface area contributed by atoms with E-state index in [-0.39, 0.29) is 16.6 Å². The van der Waals surface area contributed by atoms with Gasteiger partial charge >= 0.3 is 0 Å². The number of imidazole rings is 1. The molecule has 10 rings (SSSR count). The second-order valence-corrected chi connectivity index (χ2v) is 19.1. The maximum Gasteiger partial charge on any atom is 0.149 e. The first-order valence-electron chi connectivity index (χ1n) is 22.3. The predicted molar refractivity (Wildman–Crippen MR) is 272 cm³/mol. The van der Waals surface area contributed by atoms with Crippen LogP contribution in [0.3, 0.4) is 0 Å². The van der Waals surface area contributed by atoms with E-state index in [0.29, 0.717) is 11.4 Å². The summed E-state index contributed by atoms with van der Waals surface area (Å²) in [5.41, 5.74) is 18.3. The number of aromatic amines is 1. The van der Waals surface area contributed by atoms with E-state index < -0.39 is 0 Å². The number of phenolic OH excluding ortho intramolecular Hbond substituents is 1. The molecule has 65 heavy (non-hydrogen) atoms. The van der Waals surface area contributed by atoms with Crippen molar-refractivity contribution in [3.63, 3.8) is 0 Å². The summed E-state index contributed by atoms with van der Waals surface area (Å²) in [5.74, 6) is 0.849. The van der Waals surface area contributed by atoms with Gasteiger partial charge in [0.05, 0.1) is 22.3 Å². The Hall–Kier alpha value is -7.76. The highest BCUT2D eigenvalue weighted by atomic mass is 16.3. The lowest BCUT2D eigenvalue weighted by molar-refractivity contribution is 0.477. The molecule has 0 atom stereocenters. The zero-order chi connectivity index (χ0) is 45.0. The first-order chi connectivity index (χ1) is 31.3. The number of phenols is 1. The number of fused-ring (bicyclic) bond motifs is 2. The van der Waals surface area contributed by atoms with Gasteiger partial charge in [-0.3, -0.25) is 9.55 Å². The van der Waals surface area contributed by atoms with E-state index >= 15 is 0 Å². The molecule has 0 radical (unpaired) electrons. The molecule has 5 heteroatoms. The maximum absolute atomic E-state index is 11.4. The molecule has 0 spiro atoms. The highest BCUT2D eigenvalue weighted by molar-refractivity contribution is 5.99. The van der Waals surface area contributed by atoms with Crippen LogP contribution in [0.25, 0.3) is 101 Å². The molecule has 0 unspecified atom stereocenters. The lowest BCUT2D eigenvalue weighted by Gasteiger charge is -2.23. The third kappa shape index (κ3) is 7.74. The fourth-order valence-corrected chi connectivity index (χ4v) is 8.98. The molecule has 10 aromatic rings. The molecule has 0 bridgehead atoms. The van der Waals surface area contributed by atoms with Crippen LogP contribution in [-0.2, 0) is 10.8 Å². The van der Waals surface area contributed by atoms with Gasteiger partial charge in [0.25, 0.3) is 0 Å². The molecule has 0 aliphatic heterocycles. The SMILES string of the molecule is C=Cc1c[nH]c2ccc(-c3ccnc(-c4cc(-c5cc(C(C)(C)C)ccc5-c5ccccc5)cc(-c5cc(C(C)(C)C)cc6c5nc(-c5ccccc5O)n6-c5ccccc5)c4)c3)cc12. The molecule has 2 N–H and O–H groups in total. The van der Waals surface area contributed by atoms with Crippen molar-refractivity contribution in [1.82, 2.24) is 19.5 Å². The molecule has 3 aromatic heterocycles. The van der Waals surface area contributed by atoms with Crippen molar-refractivity contribution in [3.05, 3.63) is 199 Å². The highest BCUT2D eigenvalue weighted by Crippen LogP contribution is 2.44. The molecule has 0 aliphatic carbocycles. The largest absolute Gasteiger partial charge is 0.507 e. The van der Waals surface area contributed by atoms with Gasteiger partial charge in [-0.1, -0.05) is 139 Å². The minimum atomic E-state index is -0.201. The molecule has 0 saturated carbocycles. The molecular formula is C60H52N4O. The molecule has 318 valence electrons. The average Bonchev–Trinajstić information content (AvgIpc) is 3.92. The molecule has 0 fully saturated rings.